The molecule has 0 aliphatic heterocycles. The van der Waals surface area contributed by atoms with Crippen molar-refractivity contribution in [1.82, 2.24) is 19.7 Å². The molecule has 0 aromatic carbocycles. The molecule has 2 aromatic rings. The van der Waals surface area contributed by atoms with Gasteiger partial charge in [0.15, 0.2) is 5.82 Å². The first kappa shape index (κ1) is 13.5. The molecule has 0 bridgehead atoms. The maximum Gasteiger partial charge on any atom is 0.178 e. The van der Waals surface area contributed by atoms with E-state index in [1.54, 1.807) is 17.2 Å². The van der Waals surface area contributed by atoms with Crippen LogP contribution in [0, 0.1) is 0 Å². The first-order valence-electron chi connectivity index (χ1n) is 6.91. The topological polar surface area (TPSA) is 55.6 Å². The molecule has 19 heavy (non-hydrogen) atoms. The zero-order valence-corrected chi connectivity index (χ0v) is 11.6. The maximum absolute atomic E-state index is 4.39. The van der Waals surface area contributed by atoms with Gasteiger partial charge in [0.1, 0.15) is 12.7 Å². The Bertz CT molecular complexity index is 474. The summed E-state index contributed by atoms with van der Waals surface area (Å²) in [6.45, 7) is 4.43. The summed E-state index contributed by atoms with van der Waals surface area (Å²) in [4.78, 5) is 8.37. The fraction of sp³-hybridized carbons (Fsp3) is 0.500. The van der Waals surface area contributed by atoms with Gasteiger partial charge in [0.2, 0.25) is 0 Å². The molecule has 0 atom stereocenters. The first-order valence-corrected chi connectivity index (χ1v) is 6.91. The van der Waals surface area contributed by atoms with E-state index in [2.05, 4.69) is 34.2 Å². The van der Waals surface area contributed by atoms with Gasteiger partial charge in [0, 0.05) is 12.2 Å². The molecular formula is C14H21N5. The molecule has 0 aliphatic rings. The van der Waals surface area contributed by atoms with Crippen LogP contribution in [-0.4, -0.2) is 25.8 Å². The van der Waals surface area contributed by atoms with Crippen LogP contribution in [0.4, 0.5) is 5.69 Å². The standard InChI is InChI=1S/C14H21N5/c1-3-6-12(7-4-2)18-13-8-5-9-16-14(13)19-11-15-10-17-19/h5,8-12,18H,3-4,6-7H2,1-2H3. The first-order chi connectivity index (χ1) is 9.35. The predicted octanol–water partition coefficient (Wildman–Crippen LogP) is 3.04. The van der Waals surface area contributed by atoms with Crippen LogP contribution in [0.5, 0.6) is 0 Å². The average molecular weight is 259 g/mol. The zero-order valence-electron chi connectivity index (χ0n) is 11.6. The van der Waals surface area contributed by atoms with Gasteiger partial charge in [-0.15, -0.1) is 0 Å². The highest BCUT2D eigenvalue weighted by Gasteiger charge is 2.11. The summed E-state index contributed by atoms with van der Waals surface area (Å²) in [6, 6.07) is 4.47. The lowest BCUT2D eigenvalue weighted by Gasteiger charge is -2.20. The van der Waals surface area contributed by atoms with Crippen molar-refractivity contribution in [3.63, 3.8) is 0 Å². The molecule has 0 aliphatic carbocycles. The Morgan fingerprint density at radius 3 is 2.68 bits per heavy atom. The SMILES string of the molecule is CCCC(CCC)Nc1cccnc1-n1cncn1. The van der Waals surface area contributed by atoms with Crippen LogP contribution in [0.2, 0.25) is 0 Å². The van der Waals surface area contributed by atoms with Gasteiger partial charge in [-0.2, -0.15) is 5.10 Å². The highest BCUT2D eigenvalue weighted by Crippen LogP contribution is 2.19. The molecule has 0 spiro atoms. The predicted molar refractivity (Wildman–Crippen MR) is 76.4 cm³/mol. The minimum absolute atomic E-state index is 0.487. The van der Waals surface area contributed by atoms with Crippen LogP contribution in [0.1, 0.15) is 39.5 Å². The van der Waals surface area contributed by atoms with Crippen LogP contribution < -0.4 is 5.32 Å². The van der Waals surface area contributed by atoms with Crippen molar-refractivity contribution < 1.29 is 0 Å². The van der Waals surface area contributed by atoms with Gasteiger partial charge in [-0.25, -0.2) is 14.6 Å². The lowest BCUT2D eigenvalue weighted by atomic mass is 10.1. The third-order valence-corrected chi connectivity index (χ3v) is 3.06. The van der Waals surface area contributed by atoms with Crippen LogP contribution in [-0.2, 0) is 0 Å². The second-order valence-electron chi connectivity index (χ2n) is 4.63. The van der Waals surface area contributed by atoms with E-state index in [9.17, 15) is 0 Å². The fourth-order valence-electron chi connectivity index (χ4n) is 2.22. The Kier molecular flexibility index (Phi) is 4.89. The number of rotatable bonds is 7. The van der Waals surface area contributed by atoms with Gasteiger partial charge in [0.25, 0.3) is 0 Å². The van der Waals surface area contributed by atoms with E-state index in [0.29, 0.717) is 6.04 Å². The molecule has 2 aromatic heterocycles. The summed E-state index contributed by atoms with van der Waals surface area (Å²) in [5.74, 6) is 0.803. The largest absolute Gasteiger partial charge is 0.379 e. The van der Waals surface area contributed by atoms with E-state index in [1.807, 2.05) is 12.1 Å². The van der Waals surface area contributed by atoms with Gasteiger partial charge in [-0.05, 0) is 25.0 Å². The molecule has 0 amide bonds. The number of pyridine rings is 1. The summed E-state index contributed by atoms with van der Waals surface area (Å²) in [7, 11) is 0. The van der Waals surface area contributed by atoms with Crippen LogP contribution in [0.15, 0.2) is 31.0 Å². The normalized spacial score (nSPS) is 10.9. The van der Waals surface area contributed by atoms with Gasteiger partial charge < -0.3 is 5.32 Å². The summed E-state index contributed by atoms with van der Waals surface area (Å²) < 4.78 is 1.69. The molecule has 0 saturated carbocycles. The number of anilines is 1. The van der Waals surface area contributed by atoms with E-state index in [1.165, 1.54) is 32.0 Å². The summed E-state index contributed by atoms with van der Waals surface area (Å²) >= 11 is 0. The fourth-order valence-corrected chi connectivity index (χ4v) is 2.22. The van der Waals surface area contributed by atoms with Gasteiger partial charge in [-0.3, -0.25) is 0 Å². The summed E-state index contributed by atoms with van der Waals surface area (Å²) in [5.41, 5.74) is 1.01. The van der Waals surface area contributed by atoms with E-state index in [-0.39, 0.29) is 0 Å². The smallest absolute Gasteiger partial charge is 0.178 e. The zero-order chi connectivity index (χ0) is 13.5. The average Bonchev–Trinajstić information content (AvgIpc) is 2.94. The quantitative estimate of drug-likeness (QED) is 0.830. The van der Waals surface area contributed by atoms with Crippen LogP contribution >= 0.6 is 0 Å². The molecule has 5 nitrogen and oxygen atoms in total. The number of hydrogen-bond acceptors (Lipinski definition) is 4. The minimum atomic E-state index is 0.487. The lowest BCUT2D eigenvalue weighted by molar-refractivity contribution is 0.585. The molecule has 0 radical (unpaired) electrons. The van der Waals surface area contributed by atoms with Gasteiger partial charge in [0.05, 0.1) is 5.69 Å². The van der Waals surface area contributed by atoms with E-state index in [4.69, 9.17) is 0 Å². The highest BCUT2D eigenvalue weighted by molar-refractivity contribution is 5.56. The van der Waals surface area contributed by atoms with Crippen molar-refractivity contribution in [2.24, 2.45) is 0 Å². The monoisotopic (exact) mass is 259 g/mol. The minimum Gasteiger partial charge on any atom is -0.379 e. The number of nitrogens with one attached hydrogen (secondary N) is 1. The van der Waals surface area contributed by atoms with E-state index >= 15 is 0 Å². The third kappa shape index (κ3) is 3.53. The Balaban J connectivity index is 2.19. The van der Waals surface area contributed by atoms with Crippen molar-refractivity contribution in [3.8, 4) is 5.82 Å². The molecule has 0 fully saturated rings. The van der Waals surface area contributed by atoms with Crippen molar-refractivity contribution in [2.45, 2.75) is 45.6 Å². The van der Waals surface area contributed by atoms with Crippen LogP contribution in [0.25, 0.3) is 5.82 Å². The molecular weight excluding hydrogens is 238 g/mol. The number of aromatic nitrogens is 4. The highest BCUT2D eigenvalue weighted by atomic mass is 15.3. The van der Waals surface area contributed by atoms with Gasteiger partial charge >= 0.3 is 0 Å². The van der Waals surface area contributed by atoms with Crippen molar-refractivity contribution in [3.05, 3.63) is 31.0 Å². The molecule has 0 unspecified atom stereocenters. The van der Waals surface area contributed by atoms with E-state index < -0.39 is 0 Å². The molecule has 2 rings (SSSR count). The Labute approximate surface area is 114 Å². The molecule has 2 heterocycles. The maximum atomic E-state index is 4.39. The molecule has 1 N–H and O–H groups in total. The molecule has 102 valence electrons. The molecule has 5 heteroatoms. The Morgan fingerprint density at radius 1 is 1.26 bits per heavy atom. The Hall–Kier alpha value is -1.91. The lowest BCUT2D eigenvalue weighted by Crippen LogP contribution is -2.20. The summed E-state index contributed by atoms with van der Waals surface area (Å²) in [5, 5.41) is 7.74. The number of nitrogens with zero attached hydrogens (tertiary/aromatic N) is 4. The second-order valence-corrected chi connectivity index (χ2v) is 4.63. The number of hydrogen-bond donors (Lipinski definition) is 1. The van der Waals surface area contributed by atoms with Gasteiger partial charge in [-0.1, -0.05) is 26.7 Å². The van der Waals surface area contributed by atoms with Crippen molar-refractivity contribution in [2.75, 3.05) is 5.32 Å². The molecule has 0 saturated heterocycles. The summed E-state index contributed by atoms with van der Waals surface area (Å²) in [6.07, 6.45) is 9.65. The van der Waals surface area contributed by atoms with Crippen LogP contribution in [0.3, 0.4) is 0 Å². The van der Waals surface area contributed by atoms with E-state index in [0.717, 1.165) is 11.5 Å². The Morgan fingerprint density at radius 2 is 2.05 bits per heavy atom. The second kappa shape index (κ2) is 6.87. The third-order valence-electron chi connectivity index (χ3n) is 3.06. The van der Waals surface area contributed by atoms with Crippen molar-refractivity contribution >= 4 is 5.69 Å². The van der Waals surface area contributed by atoms with Crippen molar-refractivity contribution in [1.29, 1.82) is 0 Å².